The predicted octanol–water partition coefficient (Wildman–Crippen LogP) is 8.27. The molecule has 0 saturated heterocycles. The van der Waals surface area contributed by atoms with Crippen molar-refractivity contribution >= 4 is 23.1 Å². The Morgan fingerprint density at radius 2 is 1.52 bits per heavy atom. The standard InChI is InChI=1S/C34H28FNO3.CH4/c35-31-20-32-30(28(34(39)36-32)17-12-21-8-10-22(11-9-21)18-33(37)38)19-29(31)25-15-13-24(14-16-25)27-7-2-1-6-26(27)23-4-3-5-23;/h1-2,6-11,13-17,19-20,23H,3-5,12,18H2,(H,36,39)(H,37,38);1H4/b28-17-;. The number of rotatable bonds is 7. The maximum atomic E-state index is 15.2. The summed E-state index contributed by atoms with van der Waals surface area (Å²) in [5.41, 5.74) is 8.28. The Bertz CT molecular complexity index is 1600. The minimum atomic E-state index is -0.875. The molecule has 40 heavy (non-hydrogen) atoms. The van der Waals surface area contributed by atoms with E-state index in [0.29, 0.717) is 34.7 Å². The van der Waals surface area contributed by atoms with Crippen LogP contribution in [0.1, 0.15) is 54.9 Å². The summed E-state index contributed by atoms with van der Waals surface area (Å²) in [5.74, 6) is -0.896. The van der Waals surface area contributed by atoms with Crippen LogP contribution in [0.3, 0.4) is 0 Å². The number of anilines is 1. The number of nitrogens with one attached hydrogen (secondary N) is 1. The van der Waals surface area contributed by atoms with Crippen molar-refractivity contribution in [2.75, 3.05) is 5.32 Å². The van der Waals surface area contributed by atoms with E-state index in [1.54, 1.807) is 18.2 Å². The van der Waals surface area contributed by atoms with Crippen molar-refractivity contribution < 1.29 is 19.1 Å². The summed E-state index contributed by atoms with van der Waals surface area (Å²) in [6.07, 6.45) is 6.05. The number of allylic oxidation sites excluding steroid dienone is 1. The molecular formula is C35H32FNO3. The molecule has 0 aromatic heterocycles. The van der Waals surface area contributed by atoms with E-state index in [0.717, 1.165) is 22.3 Å². The van der Waals surface area contributed by atoms with Gasteiger partial charge in [0.25, 0.3) is 5.91 Å². The first-order chi connectivity index (χ1) is 19.0. The first-order valence-corrected chi connectivity index (χ1v) is 13.3. The zero-order valence-electron chi connectivity index (χ0n) is 21.4. The molecule has 0 radical (unpaired) electrons. The molecule has 1 heterocycles. The second kappa shape index (κ2) is 11.3. The van der Waals surface area contributed by atoms with E-state index in [9.17, 15) is 9.59 Å². The van der Waals surface area contributed by atoms with Crippen molar-refractivity contribution in [1.82, 2.24) is 0 Å². The molecule has 4 aromatic rings. The minimum Gasteiger partial charge on any atom is -0.481 e. The average Bonchev–Trinajstić information content (AvgIpc) is 3.20. The van der Waals surface area contributed by atoms with Gasteiger partial charge in [-0.2, -0.15) is 0 Å². The third-order valence-corrected chi connectivity index (χ3v) is 7.82. The van der Waals surface area contributed by atoms with Crippen molar-refractivity contribution in [3.8, 4) is 22.3 Å². The number of amides is 1. The third-order valence-electron chi connectivity index (χ3n) is 7.82. The Morgan fingerprint density at radius 3 is 2.17 bits per heavy atom. The van der Waals surface area contributed by atoms with E-state index < -0.39 is 5.97 Å². The normalized spacial score (nSPS) is 15.2. The van der Waals surface area contributed by atoms with Gasteiger partial charge in [-0.15, -0.1) is 0 Å². The van der Waals surface area contributed by atoms with Crippen molar-refractivity contribution in [1.29, 1.82) is 0 Å². The van der Waals surface area contributed by atoms with Crippen molar-refractivity contribution in [2.45, 2.75) is 45.4 Å². The number of aliphatic carboxylic acids is 1. The first-order valence-electron chi connectivity index (χ1n) is 13.3. The van der Waals surface area contributed by atoms with E-state index in [4.69, 9.17) is 5.11 Å². The Hall–Kier alpha value is -4.51. The van der Waals surface area contributed by atoms with Gasteiger partial charge in [-0.1, -0.05) is 92.7 Å². The Labute approximate surface area is 234 Å². The van der Waals surface area contributed by atoms with Crippen LogP contribution in [0.5, 0.6) is 0 Å². The van der Waals surface area contributed by atoms with Crippen molar-refractivity contribution in [2.24, 2.45) is 0 Å². The van der Waals surface area contributed by atoms with Gasteiger partial charge in [0, 0.05) is 16.7 Å². The van der Waals surface area contributed by atoms with Gasteiger partial charge >= 0.3 is 5.97 Å². The van der Waals surface area contributed by atoms with Gasteiger partial charge in [0.1, 0.15) is 5.82 Å². The van der Waals surface area contributed by atoms with Crippen LogP contribution in [-0.2, 0) is 22.4 Å². The highest BCUT2D eigenvalue weighted by Crippen LogP contribution is 2.42. The molecule has 0 unspecified atom stereocenters. The second-order valence-electron chi connectivity index (χ2n) is 10.3. The van der Waals surface area contributed by atoms with Crippen LogP contribution in [0, 0.1) is 5.82 Å². The van der Waals surface area contributed by atoms with Crippen LogP contribution in [0.4, 0.5) is 10.1 Å². The van der Waals surface area contributed by atoms with E-state index >= 15 is 4.39 Å². The number of carbonyl (C=O) groups excluding carboxylic acids is 1. The summed E-state index contributed by atoms with van der Waals surface area (Å²) in [6.45, 7) is 0. The van der Waals surface area contributed by atoms with Crippen molar-refractivity contribution in [3.05, 3.63) is 119 Å². The molecule has 2 aliphatic rings. The highest BCUT2D eigenvalue weighted by Gasteiger charge is 2.26. The fourth-order valence-corrected chi connectivity index (χ4v) is 5.49. The molecular weight excluding hydrogens is 501 g/mol. The van der Waals surface area contributed by atoms with Gasteiger partial charge in [0.15, 0.2) is 0 Å². The van der Waals surface area contributed by atoms with Crippen LogP contribution in [0.2, 0.25) is 0 Å². The lowest BCUT2D eigenvalue weighted by atomic mass is 9.77. The second-order valence-corrected chi connectivity index (χ2v) is 10.3. The number of hydrogen-bond donors (Lipinski definition) is 2. The van der Waals surface area contributed by atoms with E-state index in [-0.39, 0.29) is 25.6 Å². The molecule has 1 saturated carbocycles. The Morgan fingerprint density at radius 1 is 0.875 bits per heavy atom. The molecule has 1 aliphatic heterocycles. The van der Waals surface area contributed by atoms with Gasteiger partial charge in [-0.25, -0.2) is 4.39 Å². The molecule has 6 rings (SSSR count). The lowest BCUT2D eigenvalue weighted by Crippen LogP contribution is -2.09. The molecule has 202 valence electrons. The van der Waals surface area contributed by atoms with E-state index in [1.807, 2.05) is 42.5 Å². The van der Waals surface area contributed by atoms with Gasteiger partial charge in [-0.3, -0.25) is 9.59 Å². The molecule has 5 heteroatoms. The highest BCUT2D eigenvalue weighted by molar-refractivity contribution is 6.31. The molecule has 0 bridgehead atoms. The molecule has 4 aromatic carbocycles. The monoisotopic (exact) mass is 533 g/mol. The lowest BCUT2D eigenvalue weighted by Gasteiger charge is -2.28. The molecule has 0 spiro atoms. The number of hydrogen-bond acceptors (Lipinski definition) is 2. The number of carboxylic acid groups (broad SMARTS) is 1. The Balaban J connectivity index is 0.00000323. The van der Waals surface area contributed by atoms with Crippen LogP contribution < -0.4 is 5.32 Å². The Kier molecular flexibility index (Phi) is 7.65. The van der Waals surface area contributed by atoms with Crippen LogP contribution >= 0.6 is 0 Å². The average molecular weight is 534 g/mol. The quantitative estimate of drug-likeness (QED) is 0.235. The molecule has 2 N–H and O–H groups in total. The number of fused-ring (bicyclic) bond motifs is 1. The summed E-state index contributed by atoms with van der Waals surface area (Å²) < 4.78 is 15.2. The number of carbonyl (C=O) groups is 2. The fourth-order valence-electron chi connectivity index (χ4n) is 5.49. The van der Waals surface area contributed by atoms with Gasteiger partial charge < -0.3 is 10.4 Å². The highest BCUT2D eigenvalue weighted by atomic mass is 19.1. The van der Waals surface area contributed by atoms with E-state index in [2.05, 4.69) is 29.6 Å². The van der Waals surface area contributed by atoms with Crippen molar-refractivity contribution in [3.63, 3.8) is 0 Å². The van der Waals surface area contributed by atoms with Gasteiger partial charge in [0.2, 0.25) is 0 Å². The summed E-state index contributed by atoms with van der Waals surface area (Å²) in [5, 5.41) is 11.7. The summed E-state index contributed by atoms with van der Waals surface area (Å²) >= 11 is 0. The van der Waals surface area contributed by atoms with Gasteiger partial charge in [-0.05, 0) is 70.7 Å². The smallest absolute Gasteiger partial charge is 0.307 e. The van der Waals surface area contributed by atoms with Crippen LogP contribution in [-0.4, -0.2) is 17.0 Å². The molecule has 4 nitrogen and oxygen atoms in total. The van der Waals surface area contributed by atoms with Crippen LogP contribution in [0.15, 0.2) is 91.0 Å². The maximum absolute atomic E-state index is 15.2. The minimum absolute atomic E-state index is 0. The van der Waals surface area contributed by atoms with Crippen LogP contribution in [0.25, 0.3) is 27.8 Å². The largest absolute Gasteiger partial charge is 0.481 e. The maximum Gasteiger partial charge on any atom is 0.307 e. The molecule has 1 amide bonds. The number of halogens is 1. The summed E-state index contributed by atoms with van der Waals surface area (Å²) in [4.78, 5) is 23.7. The topological polar surface area (TPSA) is 66.4 Å². The van der Waals surface area contributed by atoms with E-state index in [1.165, 1.54) is 36.5 Å². The third kappa shape index (κ3) is 5.32. The number of benzene rings is 4. The zero-order chi connectivity index (χ0) is 26.9. The first kappa shape index (κ1) is 27.1. The zero-order valence-corrected chi connectivity index (χ0v) is 21.4. The summed E-state index contributed by atoms with van der Waals surface area (Å²) in [7, 11) is 0. The SMILES string of the molecule is C.O=C(O)Cc1ccc(C/C=C2\C(=O)Nc3cc(F)c(-c4ccc(-c5ccccc5C5CCC5)cc4)cc32)cc1. The lowest BCUT2D eigenvalue weighted by molar-refractivity contribution is -0.136. The summed E-state index contributed by atoms with van der Waals surface area (Å²) in [6, 6.07) is 27.0. The van der Waals surface area contributed by atoms with Gasteiger partial charge in [0.05, 0.1) is 12.1 Å². The molecule has 0 atom stereocenters. The molecule has 1 aliphatic carbocycles. The fraction of sp³-hybridized carbons (Fsp3) is 0.200. The number of carboxylic acids is 1. The predicted molar refractivity (Wildman–Crippen MR) is 159 cm³/mol. The molecule has 1 fully saturated rings.